The number of carbonyl (C=O) groups excluding carboxylic acids is 1. The van der Waals surface area contributed by atoms with Crippen molar-refractivity contribution in [2.75, 3.05) is 19.5 Å². The second-order valence-corrected chi connectivity index (χ2v) is 9.27. The van der Waals surface area contributed by atoms with Gasteiger partial charge in [0.15, 0.2) is 11.5 Å². The fourth-order valence-electron chi connectivity index (χ4n) is 3.26. The molecule has 0 spiro atoms. The molecule has 0 bridgehead atoms. The maximum Gasteiger partial charge on any atom is 0.278 e. The van der Waals surface area contributed by atoms with E-state index in [1.807, 2.05) is 18.2 Å². The summed E-state index contributed by atoms with van der Waals surface area (Å²) >= 11 is 7.00. The lowest BCUT2D eigenvalue weighted by atomic mass is 10.0. The monoisotopic (exact) mass is 590 g/mol. The summed E-state index contributed by atoms with van der Waals surface area (Å²) in [4.78, 5) is 12.8. The number of hydrogen-bond acceptors (Lipinski definition) is 6. The number of methoxy groups -OCH3 is 2. The number of nitrogens with zero attached hydrogens (tertiary/aromatic N) is 1. The number of oxime groups is 1. The summed E-state index contributed by atoms with van der Waals surface area (Å²) in [5.41, 5.74) is 1.74. The zero-order valence-electron chi connectivity index (χ0n) is 19.1. The molecule has 3 rings (SSSR count). The number of amides is 1. The van der Waals surface area contributed by atoms with Crippen LogP contribution in [0.15, 0.2) is 68.7 Å². The molecule has 0 aliphatic rings. The summed E-state index contributed by atoms with van der Waals surface area (Å²) in [5, 5.41) is 15.5. The van der Waals surface area contributed by atoms with Crippen LogP contribution in [-0.2, 0) is 4.79 Å². The first-order valence-corrected chi connectivity index (χ1v) is 11.9. The molecule has 0 aliphatic carbocycles. The third-order valence-electron chi connectivity index (χ3n) is 4.96. The first-order valence-electron chi connectivity index (χ1n) is 10.3. The number of anilines is 1. The van der Waals surface area contributed by atoms with E-state index in [4.69, 9.17) is 14.2 Å². The molecule has 0 aliphatic heterocycles. The van der Waals surface area contributed by atoms with Crippen LogP contribution in [-0.4, -0.2) is 31.0 Å². The Morgan fingerprint density at radius 2 is 1.68 bits per heavy atom. The topological polar surface area (TPSA) is 89.4 Å². The quantitative estimate of drug-likeness (QED) is 0.168. The highest BCUT2D eigenvalue weighted by Gasteiger charge is 2.20. The minimum atomic E-state index is -0.583. The Balaban J connectivity index is 1.86. The number of ether oxygens (including phenoxy) is 3. The van der Waals surface area contributed by atoms with Crippen LogP contribution in [0, 0.1) is 0 Å². The molecule has 3 aromatic rings. The van der Waals surface area contributed by atoms with Crippen molar-refractivity contribution in [1.82, 2.24) is 0 Å². The molecule has 0 saturated carbocycles. The molecule has 178 valence electrons. The predicted molar refractivity (Wildman–Crippen MR) is 139 cm³/mol. The van der Waals surface area contributed by atoms with Crippen LogP contribution in [0.3, 0.4) is 0 Å². The third kappa shape index (κ3) is 5.90. The molecule has 1 amide bonds. The molecule has 0 radical (unpaired) electrons. The molecule has 0 unspecified atom stereocenters. The van der Waals surface area contributed by atoms with Gasteiger partial charge in [-0.1, -0.05) is 25.1 Å². The number of nitrogens with one attached hydrogen (secondary N) is 1. The van der Waals surface area contributed by atoms with Crippen LogP contribution < -0.4 is 19.5 Å². The van der Waals surface area contributed by atoms with Gasteiger partial charge < -0.3 is 24.7 Å². The summed E-state index contributed by atoms with van der Waals surface area (Å²) < 4.78 is 17.8. The van der Waals surface area contributed by atoms with Gasteiger partial charge in [-0.05, 0) is 80.2 Å². The maximum absolute atomic E-state index is 12.8. The molecule has 0 atom stereocenters. The lowest BCUT2D eigenvalue weighted by molar-refractivity contribution is -0.110. The van der Waals surface area contributed by atoms with Crippen LogP contribution in [0.4, 0.5) is 5.69 Å². The Labute approximate surface area is 215 Å². The van der Waals surface area contributed by atoms with Crippen molar-refractivity contribution in [1.29, 1.82) is 0 Å². The molecule has 9 heteroatoms. The van der Waals surface area contributed by atoms with E-state index in [1.165, 1.54) is 7.11 Å². The minimum Gasteiger partial charge on any atom is -0.497 e. The number of halogens is 2. The summed E-state index contributed by atoms with van der Waals surface area (Å²) in [6, 6.07) is 15.8. The molecule has 0 fully saturated rings. The van der Waals surface area contributed by atoms with Crippen LogP contribution in [0.2, 0.25) is 0 Å². The van der Waals surface area contributed by atoms with Crippen LogP contribution in [0.1, 0.15) is 30.9 Å². The van der Waals surface area contributed by atoms with E-state index in [0.29, 0.717) is 37.4 Å². The zero-order valence-corrected chi connectivity index (χ0v) is 22.2. The van der Waals surface area contributed by atoms with Gasteiger partial charge in [0, 0.05) is 22.9 Å². The second kappa shape index (κ2) is 11.4. The zero-order chi connectivity index (χ0) is 24.8. The molecule has 0 heterocycles. The van der Waals surface area contributed by atoms with E-state index in [1.54, 1.807) is 43.5 Å². The highest BCUT2D eigenvalue weighted by atomic mass is 79.9. The molecule has 0 aromatic heterocycles. The van der Waals surface area contributed by atoms with Crippen molar-refractivity contribution in [2.45, 2.75) is 19.8 Å². The Morgan fingerprint density at radius 1 is 0.971 bits per heavy atom. The van der Waals surface area contributed by atoms with Gasteiger partial charge in [0.1, 0.15) is 17.2 Å². The van der Waals surface area contributed by atoms with Crippen molar-refractivity contribution >= 4 is 49.2 Å². The minimum absolute atomic E-state index is 0.165. The van der Waals surface area contributed by atoms with Crippen LogP contribution in [0.25, 0.3) is 0 Å². The van der Waals surface area contributed by atoms with Gasteiger partial charge in [0.25, 0.3) is 5.91 Å². The Kier molecular flexibility index (Phi) is 8.57. The Morgan fingerprint density at radius 3 is 2.26 bits per heavy atom. The number of rotatable bonds is 8. The van der Waals surface area contributed by atoms with E-state index in [0.717, 1.165) is 11.3 Å². The van der Waals surface area contributed by atoms with Crippen molar-refractivity contribution in [3.63, 3.8) is 0 Å². The molecule has 0 saturated heterocycles. The normalized spacial score (nSPS) is 11.3. The van der Waals surface area contributed by atoms with E-state index in [-0.39, 0.29) is 11.6 Å². The Bertz CT molecular complexity index is 1200. The second-order valence-electron chi connectivity index (χ2n) is 7.56. The summed E-state index contributed by atoms with van der Waals surface area (Å²) in [5.74, 6) is 2.19. The van der Waals surface area contributed by atoms with Crippen LogP contribution >= 0.6 is 31.9 Å². The van der Waals surface area contributed by atoms with Gasteiger partial charge in [-0.3, -0.25) is 4.79 Å². The first kappa shape index (κ1) is 25.6. The largest absolute Gasteiger partial charge is 0.497 e. The third-order valence-corrected chi connectivity index (χ3v) is 6.14. The van der Waals surface area contributed by atoms with Crippen LogP contribution in [0.5, 0.6) is 23.0 Å². The molecular formula is C25H24Br2N2O5. The standard InChI is InChI=1S/C25H24Br2N2O5/c1-14(2)19-13-18(8-9-22(19)33-4)34-24-20(26)10-15(11-21(24)27)23(29-31)25(30)28-16-6-5-7-17(12-16)32-3/h5-14,31H,1-4H3,(H,28,30)/b29-23+. The summed E-state index contributed by atoms with van der Waals surface area (Å²) in [6.07, 6.45) is 0. The maximum atomic E-state index is 12.8. The molecular weight excluding hydrogens is 568 g/mol. The highest BCUT2D eigenvalue weighted by Crippen LogP contribution is 2.40. The number of carbonyl (C=O) groups is 1. The summed E-state index contributed by atoms with van der Waals surface area (Å²) in [6.45, 7) is 4.16. The molecule has 3 aromatic carbocycles. The molecule has 7 nitrogen and oxygen atoms in total. The predicted octanol–water partition coefficient (Wildman–Crippen LogP) is 6.96. The Hall–Kier alpha value is -3.04. The smallest absolute Gasteiger partial charge is 0.278 e. The van der Waals surface area contributed by atoms with E-state index in [2.05, 4.69) is 56.2 Å². The lowest BCUT2D eigenvalue weighted by Gasteiger charge is -2.16. The van der Waals surface area contributed by atoms with Crippen molar-refractivity contribution in [2.24, 2.45) is 5.16 Å². The fourth-order valence-corrected chi connectivity index (χ4v) is 4.61. The van der Waals surface area contributed by atoms with Crippen molar-refractivity contribution < 1.29 is 24.2 Å². The fraction of sp³-hybridized carbons (Fsp3) is 0.200. The molecule has 34 heavy (non-hydrogen) atoms. The average Bonchev–Trinajstić information content (AvgIpc) is 2.81. The SMILES string of the molecule is COc1cccc(NC(=O)/C(=N/O)c2cc(Br)c(Oc3ccc(OC)c(C(C)C)c3)c(Br)c2)c1. The van der Waals surface area contributed by atoms with E-state index >= 15 is 0 Å². The van der Waals surface area contributed by atoms with Gasteiger partial charge >= 0.3 is 0 Å². The molecule has 2 N–H and O–H groups in total. The first-order chi connectivity index (χ1) is 16.3. The number of hydrogen-bond donors (Lipinski definition) is 2. The summed E-state index contributed by atoms with van der Waals surface area (Å²) in [7, 11) is 3.17. The van der Waals surface area contributed by atoms with E-state index < -0.39 is 5.91 Å². The van der Waals surface area contributed by atoms with E-state index in [9.17, 15) is 10.0 Å². The average molecular weight is 592 g/mol. The van der Waals surface area contributed by atoms with Gasteiger partial charge in [0.2, 0.25) is 0 Å². The number of benzene rings is 3. The van der Waals surface area contributed by atoms with Gasteiger partial charge in [-0.25, -0.2) is 0 Å². The van der Waals surface area contributed by atoms with Crippen molar-refractivity contribution in [3.8, 4) is 23.0 Å². The van der Waals surface area contributed by atoms with Gasteiger partial charge in [-0.2, -0.15) is 0 Å². The van der Waals surface area contributed by atoms with Crippen molar-refractivity contribution in [3.05, 3.63) is 74.7 Å². The lowest BCUT2D eigenvalue weighted by Crippen LogP contribution is -2.24. The van der Waals surface area contributed by atoms with Gasteiger partial charge in [0.05, 0.1) is 23.2 Å². The highest BCUT2D eigenvalue weighted by molar-refractivity contribution is 9.11. The van der Waals surface area contributed by atoms with Gasteiger partial charge in [-0.15, -0.1) is 0 Å².